The van der Waals surface area contributed by atoms with Crippen molar-refractivity contribution in [3.05, 3.63) is 72.1 Å². The fraction of sp³-hybridized carbons (Fsp3) is 0.136. The van der Waals surface area contributed by atoms with Crippen molar-refractivity contribution in [1.29, 1.82) is 0 Å². The number of ether oxygens (including phenoxy) is 1. The van der Waals surface area contributed by atoms with E-state index in [1.165, 1.54) is 11.8 Å². The molecule has 0 aliphatic heterocycles. The van der Waals surface area contributed by atoms with Crippen LogP contribution in [0.15, 0.2) is 77.3 Å². The van der Waals surface area contributed by atoms with E-state index in [-0.39, 0.29) is 11.7 Å². The Hall–Kier alpha value is -3.10. The molecule has 4 aromatic rings. The molecule has 0 aliphatic carbocycles. The van der Waals surface area contributed by atoms with Crippen LogP contribution in [0.4, 0.5) is 5.69 Å². The summed E-state index contributed by atoms with van der Waals surface area (Å²) in [5, 5.41) is 14.2. The van der Waals surface area contributed by atoms with Crippen LogP contribution in [0.1, 0.15) is 6.92 Å². The van der Waals surface area contributed by atoms with Crippen LogP contribution in [0.5, 0.6) is 11.5 Å². The number of carbonyl (C=O) groups excluding carboxylic acids is 1. The summed E-state index contributed by atoms with van der Waals surface area (Å²) in [6.07, 6.45) is 0. The Balaban J connectivity index is 1.42. The quantitative estimate of drug-likeness (QED) is 0.367. The highest BCUT2D eigenvalue weighted by atomic mass is 32.2. The van der Waals surface area contributed by atoms with E-state index >= 15 is 0 Å². The van der Waals surface area contributed by atoms with Crippen molar-refractivity contribution >= 4 is 34.7 Å². The second kappa shape index (κ2) is 9.60. The first-order chi connectivity index (χ1) is 14.7. The molecule has 0 radical (unpaired) electrons. The molecule has 0 atom stereocenters. The third-order valence-corrected chi connectivity index (χ3v) is 6.07. The molecule has 152 valence electrons. The molecule has 4 rings (SSSR count). The van der Waals surface area contributed by atoms with Gasteiger partial charge in [0.2, 0.25) is 5.91 Å². The third kappa shape index (κ3) is 4.72. The second-order valence-electron chi connectivity index (χ2n) is 6.28. The van der Waals surface area contributed by atoms with Gasteiger partial charge in [-0.25, -0.2) is 0 Å². The fourth-order valence-electron chi connectivity index (χ4n) is 2.86. The number of amides is 1. The average Bonchev–Trinajstić information content (AvgIpc) is 3.44. The fourth-order valence-corrected chi connectivity index (χ4v) is 4.38. The van der Waals surface area contributed by atoms with Gasteiger partial charge in [0.15, 0.2) is 16.7 Å². The van der Waals surface area contributed by atoms with E-state index < -0.39 is 0 Å². The lowest BCUT2D eigenvalue weighted by Crippen LogP contribution is -2.15. The molecule has 0 bridgehead atoms. The van der Waals surface area contributed by atoms with Crippen LogP contribution >= 0.6 is 23.1 Å². The zero-order valence-electron chi connectivity index (χ0n) is 16.3. The number of benzene rings is 2. The topological polar surface area (TPSA) is 69.0 Å². The third-order valence-electron chi connectivity index (χ3n) is 4.24. The van der Waals surface area contributed by atoms with E-state index in [0.29, 0.717) is 17.2 Å². The van der Waals surface area contributed by atoms with E-state index in [0.717, 1.165) is 22.4 Å². The number of hydrogen-bond donors (Lipinski definition) is 1. The smallest absolute Gasteiger partial charge is 0.234 e. The van der Waals surface area contributed by atoms with Crippen molar-refractivity contribution in [2.24, 2.45) is 0 Å². The van der Waals surface area contributed by atoms with Crippen LogP contribution in [0.3, 0.4) is 0 Å². The Morgan fingerprint density at radius 2 is 1.87 bits per heavy atom. The summed E-state index contributed by atoms with van der Waals surface area (Å²) in [7, 11) is 0. The summed E-state index contributed by atoms with van der Waals surface area (Å²) in [6, 6.07) is 20.9. The van der Waals surface area contributed by atoms with E-state index in [1.54, 1.807) is 11.3 Å². The molecule has 0 saturated carbocycles. The number of thioether (sulfide) groups is 1. The standard InChI is InChI=1S/C22H20N4O2S2/c1-2-26-21(19-13-8-14-29-19)24-25-22(26)30-15-20(27)23-17-11-6-7-12-18(17)28-16-9-4-3-5-10-16/h3-14H,2,15H2,1H3,(H,23,27). The maximum absolute atomic E-state index is 12.6. The number of thiophene rings is 1. The van der Waals surface area contributed by atoms with E-state index in [2.05, 4.69) is 15.5 Å². The molecule has 2 heterocycles. The van der Waals surface area contributed by atoms with Gasteiger partial charge >= 0.3 is 0 Å². The summed E-state index contributed by atoms with van der Waals surface area (Å²) >= 11 is 2.99. The van der Waals surface area contributed by atoms with Crippen LogP contribution in [-0.4, -0.2) is 26.4 Å². The van der Waals surface area contributed by atoms with Crippen molar-refractivity contribution in [2.45, 2.75) is 18.6 Å². The van der Waals surface area contributed by atoms with E-state index in [9.17, 15) is 4.79 Å². The van der Waals surface area contributed by atoms with Crippen LogP contribution < -0.4 is 10.1 Å². The number of carbonyl (C=O) groups is 1. The molecule has 2 aromatic heterocycles. The van der Waals surface area contributed by atoms with E-state index in [4.69, 9.17) is 4.74 Å². The van der Waals surface area contributed by atoms with Crippen LogP contribution in [0.25, 0.3) is 10.7 Å². The van der Waals surface area contributed by atoms with Gasteiger partial charge in [0.1, 0.15) is 5.75 Å². The average molecular weight is 437 g/mol. The van der Waals surface area contributed by atoms with Gasteiger partial charge in [-0.1, -0.05) is 48.2 Å². The molecule has 30 heavy (non-hydrogen) atoms. The highest BCUT2D eigenvalue weighted by Crippen LogP contribution is 2.30. The van der Waals surface area contributed by atoms with Gasteiger partial charge in [-0.15, -0.1) is 21.5 Å². The van der Waals surface area contributed by atoms with Gasteiger partial charge in [0.05, 0.1) is 16.3 Å². The van der Waals surface area contributed by atoms with Gasteiger partial charge in [-0.3, -0.25) is 4.79 Å². The Bertz CT molecular complexity index is 1110. The highest BCUT2D eigenvalue weighted by molar-refractivity contribution is 7.99. The summed E-state index contributed by atoms with van der Waals surface area (Å²) in [4.78, 5) is 13.6. The first-order valence-electron chi connectivity index (χ1n) is 9.46. The number of rotatable bonds is 8. The molecule has 8 heteroatoms. The lowest BCUT2D eigenvalue weighted by molar-refractivity contribution is -0.113. The molecule has 2 aromatic carbocycles. The number of nitrogens with zero attached hydrogens (tertiary/aromatic N) is 3. The zero-order chi connectivity index (χ0) is 20.8. The number of hydrogen-bond acceptors (Lipinski definition) is 6. The maximum atomic E-state index is 12.6. The van der Waals surface area contributed by atoms with Gasteiger partial charge in [0.25, 0.3) is 0 Å². The molecule has 1 N–H and O–H groups in total. The first kappa shape index (κ1) is 20.2. The second-order valence-corrected chi connectivity index (χ2v) is 8.17. The van der Waals surface area contributed by atoms with Gasteiger partial charge in [0, 0.05) is 6.54 Å². The number of anilines is 1. The molecule has 0 saturated heterocycles. The van der Waals surface area contributed by atoms with Crippen molar-refractivity contribution in [3.63, 3.8) is 0 Å². The van der Waals surface area contributed by atoms with Crippen molar-refractivity contribution < 1.29 is 9.53 Å². The minimum atomic E-state index is -0.132. The van der Waals surface area contributed by atoms with Gasteiger partial charge in [-0.2, -0.15) is 0 Å². The van der Waals surface area contributed by atoms with Crippen LogP contribution in [0.2, 0.25) is 0 Å². The van der Waals surface area contributed by atoms with E-state index in [1.807, 2.05) is 83.6 Å². The monoisotopic (exact) mass is 436 g/mol. The van der Waals surface area contributed by atoms with Crippen molar-refractivity contribution in [1.82, 2.24) is 14.8 Å². The van der Waals surface area contributed by atoms with Gasteiger partial charge in [-0.05, 0) is 42.6 Å². The molecule has 1 amide bonds. The van der Waals surface area contributed by atoms with Crippen molar-refractivity contribution in [3.8, 4) is 22.2 Å². The number of para-hydroxylation sites is 3. The minimum absolute atomic E-state index is 0.132. The molecular weight excluding hydrogens is 416 g/mol. The van der Waals surface area contributed by atoms with Gasteiger partial charge < -0.3 is 14.6 Å². The number of aromatic nitrogens is 3. The SMILES string of the molecule is CCn1c(SCC(=O)Nc2ccccc2Oc2ccccc2)nnc1-c1cccs1. The largest absolute Gasteiger partial charge is 0.455 e. The predicted molar refractivity (Wildman–Crippen MR) is 121 cm³/mol. The molecular formula is C22H20N4O2S2. The summed E-state index contributed by atoms with van der Waals surface area (Å²) in [5.41, 5.74) is 0.628. The molecule has 0 unspecified atom stereocenters. The molecule has 0 aliphatic rings. The van der Waals surface area contributed by atoms with Crippen LogP contribution in [-0.2, 0) is 11.3 Å². The number of nitrogens with one attached hydrogen (secondary N) is 1. The van der Waals surface area contributed by atoms with Crippen molar-refractivity contribution in [2.75, 3.05) is 11.1 Å². The normalized spacial score (nSPS) is 10.7. The Morgan fingerprint density at radius 1 is 1.07 bits per heavy atom. The molecule has 6 nitrogen and oxygen atoms in total. The zero-order valence-corrected chi connectivity index (χ0v) is 18.0. The lowest BCUT2D eigenvalue weighted by atomic mass is 10.3. The molecule has 0 fully saturated rings. The Labute approximate surface area is 182 Å². The lowest BCUT2D eigenvalue weighted by Gasteiger charge is -2.12. The summed E-state index contributed by atoms with van der Waals surface area (Å²) < 4.78 is 7.93. The van der Waals surface area contributed by atoms with Crippen LogP contribution in [0, 0.1) is 0 Å². The maximum Gasteiger partial charge on any atom is 0.234 e. The Kier molecular flexibility index (Phi) is 6.46. The Morgan fingerprint density at radius 3 is 2.63 bits per heavy atom. The molecule has 0 spiro atoms. The predicted octanol–water partition coefficient (Wildman–Crippen LogP) is 5.55. The highest BCUT2D eigenvalue weighted by Gasteiger charge is 2.16. The summed E-state index contributed by atoms with van der Waals surface area (Å²) in [6.45, 7) is 2.78. The minimum Gasteiger partial charge on any atom is -0.455 e. The first-order valence-corrected chi connectivity index (χ1v) is 11.3. The summed E-state index contributed by atoms with van der Waals surface area (Å²) in [5.74, 6) is 2.23.